The lowest BCUT2D eigenvalue weighted by molar-refractivity contribution is 0.0955. The van der Waals surface area contributed by atoms with Gasteiger partial charge in [0.25, 0.3) is 5.91 Å². The number of benzene rings is 2. The molecule has 5 heteroatoms. The first-order chi connectivity index (χ1) is 12.3. The predicted octanol–water partition coefficient (Wildman–Crippen LogP) is 4.14. The van der Waals surface area contributed by atoms with E-state index in [1.165, 1.54) is 16.7 Å². The predicted molar refractivity (Wildman–Crippen MR) is 102 cm³/mol. The van der Waals surface area contributed by atoms with Crippen molar-refractivity contribution in [3.8, 4) is 0 Å². The maximum absolute atomic E-state index is 12.1. The quantitative estimate of drug-likeness (QED) is 0.414. The number of pyridine rings is 1. The lowest BCUT2D eigenvalue weighted by Crippen LogP contribution is -2.17. The third-order valence-electron chi connectivity index (χ3n) is 3.42. The number of thioether (sulfide) groups is 1. The molecule has 0 aliphatic rings. The average Bonchev–Trinajstić information content (AvgIpc) is 2.68. The van der Waals surface area contributed by atoms with Crippen LogP contribution >= 0.6 is 11.8 Å². The summed E-state index contributed by atoms with van der Waals surface area (Å²) in [5, 5.41) is 3.93. The standard InChI is InChI=1S/C20H17N3OS/c24-20(23-22-14-18-6-4-5-13-21-18)17-11-9-16(10-12-17)15-25-19-7-2-1-3-8-19/h1-14H,15H2,(H,23,24). The minimum absolute atomic E-state index is 0.241. The van der Waals surface area contributed by atoms with Crippen LogP contribution in [0.2, 0.25) is 0 Å². The van der Waals surface area contributed by atoms with Gasteiger partial charge in [-0.2, -0.15) is 5.10 Å². The van der Waals surface area contributed by atoms with Crippen molar-refractivity contribution in [1.82, 2.24) is 10.4 Å². The minimum Gasteiger partial charge on any atom is -0.267 e. The molecule has 0 saturated heterocycles. The van der Waals surface area contributed by atoms with Gasteiger partial charge in [-0.15, -0.1) is 11.8 Å². The fourth-order valence-corrected chi connectivity index (χ4v) is 2.99. The van der Waals surface area contributed by atoms with Gasteiger partial charge in [-0.25, -0.2) is 5.43 Å². The molecule has 25 heavy (non-hydrogen) atoms. The van der Waals surface area contributed by atoms with Gasteiger partial charge in [0.2, 0.25) is 0 Å². The van der Waals surface area contributed by atoms with Gasteiger partial charge in [-0.3, -0.25) is 9.78 Å². The van der Waals surface area contributed by atoms with Gasteiger partial charge in [0.1, 0.15) is 0 Å². The molecular formula is C20H17N3OS. The molecule has 1 amide bonds. The fourth-order valence-electron chi connectivity index (χ4n) is 2.11. The van der Waals surface area contributed by atoms with Crippen LogP contribution in [0.4, 0.5) is 0 Å². The van der Waals surface area contributed by atoms with E-state index in [-0.39, 0.29) is 5.91 Å². The summed E-state index contributed by atoms with van der Waals surface area (Å²) in [5.41, 5.74) is 4.95. The van der Waals surface area contributed by atoms with Crippen LogP contribution in [0.5, 0.6) is 0 Å². The molecule has 124 valence electrons. The zero-order chi connectivity index (χ0) is 17.3. The van der Waals surface area contributed by atoms with Gasteiger partial charge < -0.3 is 0 Å². The van der Waals surface area contributed by atoms with Crippen LogP contribution in [0.1, 0.15) is 21.6 Å². The molecule has 0 aliphatic heterocycles. The maximum Gasteiger partial charge on any atom is 0.271 e. The van der Waals surface area contributed by atoms with Crippen LogP contribution in [0.15, 0.2) is 89.0 Å². The second-order valence-electron chi connectivity index (χ2n) is 5.25. The van der Waals surface area contributed by atoms with E-state index in [1.807, 2.05) is 60.7 Å². The van der Waals surface area contributed by atoms with Gasteiger partial charge >= 0.3 is 0 Å². The number of hydrogen-bond acceptors (Lipinski definition) is 4. The topological polar surface area (TPSA) is 54.4 Å². The van der Waals surface area contributed by atoms with Crippen molar-refractivity contribution >= 4 is 23.9 Å². The summed E-state index contributed by atoms with van der Waals surface area (Å²) >= 11 is 1.77. The molecule has 4 nitrogen and oxygen atoms in total. The SMILES string of the molecule is O=C(NN=Cc1ccccn1)c1ccc(CSc2ccccc2)cc1. The number of rotatable bonds is 6. The average molecular weight is 347 g/mol. The Morgan fingerprint density at radius 1 is 1.00 bits per heavy atom. The first kappa shape index (κ1) is 16.9. The molecule has 0 radical (unpaired) electrons. The van der Waals surface area contributed by atoms with E-state index in [1.54, 1.807) is 18.0 Å². The Morgan fingerprint density at radius 3 is 2.48 bits per heavy atom. The van der Waals surface area contributed by atoms with E-state index in [0.717, 1.165) is 5.75 Å². The molecule has 1 N–H and O–H groups in total. The number of nitrogens with zero attached hydrogens (tertiary/aromatic N) is 2. The second kappa shape index (κ2) is 8.80. The highest BCUT2D eigenvalue weighted by atomic mass is 32.2. The van der Waals surface area contributed by atoms with E-state index in [9.17, 15) is 4.79 Å². The molecule has 1 aromatic heterocycles. The molecule has 3 rings (SSSR count). The van der Waals surface area contributed by atoms with Gasteiger partial charge in [-0.05, 0) is 42.0 Å². The zero-order valence-corrected chi connectivity index (χ0v) is 14.3. The zero-order valence-electron chi connectivity index (χ0n) is 13.5. The number of carbonyl (C=O) groups excluding carboxylic acids is 1. The third kappa shape index (κ3) is 5.29. The molecule has 0 fully saturated rings. The maximum atomic E-state index is 12.1. The second-order valence-corrected chi connectivity index (χ2v) is 6.30. The number of amides is 1. The number of nitrogens with one attached hydrogen (secondary N) is 1. The molecular weight excluding hydrogens is 330 g/mol. The van der Waals surface area contributed by atoms with E-state index in [2.05, 4.69) is 27.6 Å². The molecule has 3 aromatic rings. The van der Waals surface area contributed by atoms with Crippen LogP contribution in [-0.2, 0) is 5.75 Å². The smallest absolute Gasteiger partial charge is 0.267 e. The number of hydrazone groups is 1. The van der Waals surface area contributed by atoms with Crippen LogP contribution in [0.3, 0.4) is 0 Å². The van der Waals surface area contributed by atoms with Gasteiger partial charge in [0, 0.05) is 22.4 Å². The third-order valence-corrected chi connectivity index (χ3v) is 4.50. The summed E-state index contributed by atoms with van der Waals surface area (Å²) in [7, 11) is 0. The van der Waals surface area contributed by atoms with Crippen LogP contribution in [0.25, 0.3) is 0 Å². The fraction of sp³-hybridized carbons (Fsp3) is 0.0500. The highest BCUT2D eigenvalue weighted by molar-refractivity contribution is 7.98. The van der Waals surface area contributed by atoms with E-state index in [4.69, 9.17) is 0 Å². The molecule has 1 heterocycles. The Balaban J connectivity index is 1.52. The van der Waals surface area contributed by atoms with E-state index < -0.39 is 0 Å². The Hall–Kier alpha value is -2.92. The molecule has 0 bridgehead atoms. The summed E-state index contributed by atoms with van der Waals surface area (Å²) in [4.78, 5) is 17.4. The summed E-state index contributed by atoms with van der Waals surface area (Å²) in [5.74, 6) is 0.624. The number of aromatic nitrogens is 1. The Morgan fingerprint density at radius 2 is 1.76 bits per heavy atom. The Labute approximate surface area is 151 Å². The van der Waals surface area contributed by atoms with Crippen LogP contribution in [0, 0.1) is 0 Å². The van der Waals surface area contributed by atoms with Crippen LogP contribution < -0.4 is 5.43 Å². The van der Waals surface area contributed by atoms with Gasteiger partial charge in [0.05, 0.1) is 11.9 Å². The first-order valence-electron chi connectivity index (χ1n) is 7.82. The molecule has 0 atom stereocenters. The van der Waals surface area contributed by atoms with E-state index in [0.29, 0.717) is 11.3 Å². The summed E-state index contributed by atoms with van der Waals surface area (Å²) in [6.07, 6.45) is 3.19. The Bertz CT molecular complexity index is 834. The lowest BCUT2D eigenvalue weighted by atomic mass is 10.1. The van der Waals surface area contributed by atoms with Crippen molar-refractivity contribution < 1.29 is 4.79 Å². The van der Waals surface area contributed by atoms with Gasteiger partial charge in [-0.1, -0.05) is 36.4 Å². The highest BCUT2D eigenvalue weighted by Gasteiger charge is 2.04. The monoisotopic (exact) mass is 347 g/mol. The van der Waals surface area contributed by atoms with Crippen molar-refractivity contribution in [1.29, 1.82) is 0 Å². The number of carbonyl (C=O) groups is 1. The summed E-state index contributed by atoms with van der Waals surface area (Å²) < 4.78 is 0. The molecule has 0 spiro atoms. The normalized spacial score (nSPS) is 10.7. The van der Waals surface area contributed by atoms with Crippen molar-refractivity contribution in [3.05, 3.63) is 95.8 Å². The Kier molecular flexibility index (Phi) is 5.96. The largest absolute Gasteiger partial charge is 0.271 e. The molecule has 0 saturated carbocycles. The van der Waals surface area contributed by atoms with Gasteiger partial charge in [0.15, 0.2) is 0 Å². The van der Waals surface area contributed by atoms with Crippen molar-refractivity contribution in [2.24, 2.45) is 5.10 Å². The molecule has 0 aliphatic carbocycles. The molecule has 2 aromatic carbocycles. The summed E-state index contributed by atoms with van der Waals surface area (Å²) in [6, 6.07) is 23.3. The minimum atomic E-state index is -0.241. The van der Waals surface area contributed by atoms with Crippen molar-refractivity contribution in [3.63, 3.8) is 0 Å². The highest BCUT2D eigenvalue weighted by Crippen LogP contribution is 2.22. The van der Waals surface area contributed by atoms with Crippen molar-refractivity contribution in [2.45, 2.75) is 10.6 Å². The molecule has 0 unspecified atom stereocenters. The number of hydrogen-bond donors (Lipinski definition) is 1. The van der Waals surface area contributed by atoms with Crippen molar-refractivity contribution in [2.75, 3.05) is 0 Å². The van der Waals surface area contributed by atoms with E-state index >= 15 is 0 Å². The lowest BCUT2D eigenvalue weighted by Gasteiger charge is -2.04. The first-order valence-corrected chi connectivity index (χ1v) is 8.81. The summed E-state index contributed by atoms with van der Waals surface area (Å²) in [6.45, 7) is 0. The van der Waals surface area contributed by atoms with Crippen LogP contribution in [-0.4, -0.2) is 17.1 Å².